The molecule has 0 bridgehead atoms. The fourth-order valence-electron chi connectivity index (χ4n) is 4.32. The molecule has 2 atom stereocenters. The first-order valence-electron chi connectivity index (χ1n) is 11.5. The van der Waals surface area contributed by atoms with Gasteiger partial charge in [-0.1, -0.05) is 30.3 Å². The van der Waals surface area contributed by atoms with E-state index in [4.69, 9.17) is 4.74 Å². The zero-order valence-corrected chi connectivity index (χ0v) is 19.9. The highest BCUT2D eigenvalue weighted by Crippen LogP contribution is 2.33. The Hall–Kier alpha value is -4.53. The smallest absolute Gasteiger partial charge is 0.269 e. The molecule has 1 fully saturated rings. The number of non-ortho nitro benzene ring substituents is 1. The van der Waals surface area contributed by atoms with E-state index in [1.165, 1.54) is 29.2 Å². The minimum atomic E-state index is -1.04. The number of ether oxygens (including phenoxy) is 1. The van der Waals surface area contributed by atoms with Crippen molar-refractivity contribution >= 4 is 29.1 Å². The first kappa shape index (κ1) is 24.6. The highest BCUT2D eigenvalue weighted by atomic mass is 16.6. The molecular formula is C27H25N3O6. The van der Waals surface area contributed by atoms with Gasteiger partial charge in [-0.05, 0) is 55.8 Å². The summed E-state index contributed by atoms with van der Waals surface area (Å²) >= 11 is 0. The van der Waals surface area contributed by atoms with Crippen molar-refractivity contribution in [3.63, 3.8) is 0 Å². The van der Waals surface area contributed by atoms with Crippen LogP contribution < -0.4 is 9.64 Å². The van der Waals surface area contributed by atoms with Crippen molar-refractivity contribution in [2.75, 3.05) is 11.5 Å². The number of nitro groups is 1. The van der Waals surface area contributed by atoms with Crippen molar-refractivity contribution in [3.8, 4) is 5.75 Å². The Morgan fingerprint density at radius 2 is 1.69 bits per heavy atom. The van der Waals surface area contributed by atoms with Crippen LogP contribution >= 0.6 is 0 Å². The maximum atomic E-state index is 13.7. The number of amides is 3. The number of benzene rings is 3. The summed E-state index contributed by atoms with van der Waals surface area (Å²) in [5.74, 6) is -0.816. The second kappa shape index (κ2) is 10.4. The Balaban J connectivity index is 1.69. The van der Waals surface area contributed by atoms with Crippen LogP contribution in [0.5, 0.6) is 5.75 Å². The van der Waals surface area contributed by atoms with Gasteiger partial charge in [-0.25, -0.2) is 4.90 Å². The maximum absolute atomic E-state index is 13.7. The lowest BCUT2D eigenvalue weighted by atomic mass is 10.0. The van der Waals surface area contributed by atoms with Crippen molar-refractivity contribution < 1.29 is 24.0 Å². The number of nitrogens with zero attached hydrogens (tertiary/aromatic N) is 3. The Morgan fingerprint density at radius 1 is 1.06 bits per heavy atom. The number of hydrogen-bond acceptors (Lipinski definition) is 6. The molecule has 3 aromatic rings. The monoisotopic (exact) mass is 487 g/mol. The van der Waals surface area contributed by atoms with Gasteiger partial charge in [0.2, 0.25) is 5.91 Å². The third-order valence-corrected chi connectivity index (χ3v) is 6.12. The lowest BCUT2D eigenvalue weighted by molar-refractivity contribution is -0.384. The van der Waals surface area contributed by atoms with E-state index in [1.54, 1.807) is 31.2 Å². The number of hydrogen-bond donors (Lipinski definition) is 0. The van der Waals surface area contributed by atoms with Gasteiger partial charge in [0.25, 0.3) is 17.5 Å². The molecule has 0 radical (unpaired) electrons. The minimum absolute atomic E-state index is 0.150. The largest absolute Gasteiger partial charge is 0.494 e. The summed E-state index contributed by atoms with van der Waals surface area (Å²) in [5.41, 5.74) is 1.21. The predicted molar refractivity (Wildman–Crippen MR) is 133 cm³/mol. The molecule has 0 spiro atoms. The van der Waals surface area contributed by atoms with Gasteiger partial charge in [0.05, 0.1) is 29.7 Å². The summed E-state index contributed by atoms with van der Waals surface area (Å²) in [6.45, 7) is 4.13. The quantitative estimate of drug-likeness (QED) is 0.262. The molecule has 9 heteroatoms. The van der Waals surface area contributed by atoms with Crippen molar-refractivity contribution in [1.82, 2.24) is 4.90 Å². The molecule has 4 rings (SSSR count). The van der Waals surface area contributed by atoms with E-state index in [0.717, 1.165) is 10.5 Å². The van der Waals surface area contributed by atoms with E-state index in [9.17, 15) is 24.5 Å². The Bertz CT molecular complexity index is 1280. The molecule has 1 aliphatic rings. The summed E-state index contributed by atoms with van der Waals surface area (Å²) in [6.07, 6.45) is -0.179. The van der Waals surface area contributed by atoms with E-state index in [2.05, 4.69) is 0 Å². The standard InChI is InChI=1S/C27H25N3O6/c1-3-36-23-15-13-21(14-16-23)29-25(31)17-24(27(29)33)28(18(2)19-7-5-4-6-8-19)26(32)20-9-11-22(12-10-20)30(34)35/h4-16,18,24H,3,17H2,1-2H3. The topological polar surface area (TPSA) is 110 Å². The van der Waals surface area contributed by atoms with E-state index in [-0.39, 0.29) is 17.7 Å². The summed E-state index contributed by atoms with van der Waals surface area (Å²) in [6, 6.07) is 19.4. The van der Waals surface area contributed by atoms with Crippen LogP contribution in [0.4, 0.5) is 11.4 Å². The first-order valence-corrected chi connectivity index (χ1v) is 11.5. The van der Waals surface area contributed by atoms with Gasteiger partial charge >= 0.3 is 0 Å². The van der Waals surface area contributed by atoms with Gasteiger partial charge in [0.15, 0.2) is 0 Å². The lowest BCUT2D eigenvalue weighted by Gasteiger charge is -2.33. The Kier molecular flexibility index (Phi) is 7.10. The normalized spacial score (nSPS) is 16.1. The molecule has 1 aliphatic heterocycles. The summed E-state index contributed by atoms with van der Waals surface area (Å²) in [5, 5.41) is 11.0. The SMILES string of the molecule is CCOc1ccc(N2C(=O)CC(N(C(=O)c3ccc([N+](=O)[O-])cc3)C(C)c3ccccc3)C2=O)cc1. The summed E-state index contributed by atoms with van der Waals surface area (Å²) < 4.78 is 5.44. The average molecular weight is 488 g/mol. The molecule has 1 heterocycles. The molecule has 2 unspecified atom stereocenters. The average Bonchev–Trinajstić information content (AvgIpc) is 3.18. The van der Waals surface area contributed by atoms with Gasteiger partial charge in [0.1, 0.15) is 11.8 Å². The number of imide groups is 1. The van der Waals surface area contributed by atoms with Crippen molar-refractivity contribution in [3.05, 3.63) is 100 Å². The van der Waals surface area contributed by atoms with E-state index < -0.39 is 34.7 Å². The fraction of sp³-hybridized carbons (Fsp3) is 0.222. The van der Waals surface area contributed by atoms with Gasteiger partial charge in [0, 0.05) is 17.7 Å². The van der Waals surface area contributed by atoms with Crippen LogP contribution in [-0.2, 0) is 9.59 Å². The first-order chi connectivity index (χ1) is 17.3. The van der Waals surface area contributed by atoms with Gasteiger partial charge in [-0.15, -0.1) is 0 Å². The molecule has 36 heavy (non-hydrogen) atoms. The van der Waals surface area contributed by atoms with E-state index in [1.807, 2.05) is 37.3 Å². The zero-order valence-electron chi connectivity index (χ0n) is 19.9. The highest BCUT2D eigenvalue weighted by molar-refractivity contribution is 6.23. The molecule has 3 aromatic carbocycles. The fourth-order valence-corrected chi connectivity index (χ4v) is 4.32. The molecule has 0 aliphatic carbocycles. The minimum Gasteiger partial charge on any atom is -0.494 e. The third-order valence-electron chi connectivity index (χ3n) is 6.12. The molecule has 0 saturated carbocycles. The molecule has 9 nitrogen and oxygen atoms in total. The van der Waals surface area contributed by atoms with Gasteiger partial charge in [-0.2, -0.15) is 0 Å². The number of nitro benzene ring substituents is 1. The van der Waals surface area contributed by atoms with E-state index >= 15 is 0 Å². The van der Waals surface area contributed by atoms with Crippen molar-refractivity contribution in [2.45, 2.75) is 32.4 Å². The molecule has 1 saturated heterocycles. The number of carbonyl (C=O) groups is 3. The molecule has 3 amide bonds. The zero-order chi connectivity index (χ0) is 25.8. The second-order valence-electron chi connectivity index (χ2n) is 8.32. The van der Waals surface area contributed by atoms with E-state index in [0.29, 0.717) is 18.0 Å². The Labute approximate surface area is 208 Å². The molecule has 0 N–H and O–H groups in total. The van der Waals surface area contributed by atoms with Crippen molar-refractivity contribution in [1.29, 1.82) is 0 Å². The van der Waals surface area contributed by atoms with Crippen LogP contribution in [0.2, 0.25) is 0 Å². The number of carbonyl (C=O) groups excluding carboxylic acids is 3. The summed E-state index contributed by atoms with van der Waals surface area (Å²) in [4.78, 5) is 53.3. The highest BCUT2D eigenvalue weighted by Gasteiger charge is 2.46. The number of anilines is 1. The molecule has 0 aromatic heterocycles. The molecular weight excluding hydrogens is 462 g/mol. The van der Waals surface area contributed by atoms with Crippen LogP contribution in [0.25, 0.3) is 0 Å². The van der Waals surface area contributed by atoms with Crippen LogP contribution in [0.15, 0.2) is 78.9 Å². The summed E-state index contributed by atoms with van der Waals surface area (Å²) in [7, 11) is 0. The predicted octanol–water partition coefficient (Wildman–Crippen LogP) is 4.53. The van der Waals surface area contributed by atoms with Gasteiger partial charge < -0.3 is 9.64 Å². The van der Waals surface area contributed by atoms with Crippen LogP contribution in [0.3, 0.4) is 0 Å². The van der Waals surface area contributed by atoms with Crippen molar-refractivity contribution in [2.24, 2.45) is 0 Å². The third kappa shape index (κ3) is 4.81. The molecule has 184 valence electrons. The lowest BCUT2D eigenvalue weighted by Crippen LogP contribution is -2.46. The van der Waals surface area contributed by atoms with Crippen LogP contribution in [-0.4, -0.2) is 40.2 Å². The van der Waals surface area contributed by atoms with Crippen LogP contribution in [0, 0.1) is 10.1 Å². The van der Waals surface area contributed by atoms with Gasteiger partial charge in [-0.3, -0.25) is 24.5 Å². The van der Waals surface area contributed by atoms with Crippen LogP contribution in [0.1, 0.15) is 42.2 Å². The maximum Gasteiger partial charge on any atom is 0.269 e. The Morgan fingerprint density at radius 3 is 2.28 bits per heavy atom. The number of rotatable bonds is 8. The second-order valence-corrected chi connectivity index (χ2v) is 8.32.